The number of rotatable bonds is 7. The van der Waals surface area contributed by atoms with Crippen molar-refractivity contribution in [3.8, 4) is 0 Å². The topological polar surface area (TPSA) is 75.3 Å². The van der Waals surface area contributed by atoms with Crippen LogP contribution in [-0.2, 0) is 14.8 Å². The van der Waals surface area contributed by atoms with Gasteiger partial charge in [-0.05, 0) is 92.6 Å². The number of halogens is 1. The van der Waals surface area contributed by atoms with Gasteiger partial charge in [-0.3, -0.25) is 9.52 Å². The Morgan fingerprint density at radius 2 is 1.52 bits per heavy atom. The average Bonchev–Trinajstić information content (AvgIpc) is 2.72. The van der Waals surface area contributed by atoms with Gasteiger partial charge in [0, 0.05) is 21.3 Å². The van der Waals surface area contributed by atoms with Crippen molar-refractivity contribution in [3.05, 3.63) is 82.9 Å². The third-order valence-corrected chi connectivity index (χ3v) is 7.45. The van der Waals surface area contributed by atoms with Crippen molar-refractivity contribution in [1.82, 2.24) is 0 Å². The maximum Gasteiger partial charge on any atom is 0.261 e. The molecule has 0 spiro atoms. The van der Waals surface area contributed by atoms with E-state index in [1.165, 1.54) is 23.9 Å². The molecule has 0 fully saturated rings. The number of anilines is 2. The maximum absolute atomic E-state index is 12.7. The van der Waals surface area contributed by atoms with E-state index in [0.29, 0.717) is 16.4 Å². The molecule has 1 atom stereocenters. The van der Waals surface area contributed by atoms with Crippen LogP contribution in [0, 0.1) is 13.8 Å². The van der Waals surface area contributed by atoms with Crippen LogP contribution in [-0.4, -0.2) is 19.6 Å². The Morgan fingerprint density at radius 3 is 2.13 bits per heavy atom. The quantitative estimate of drug-likeness (QED) is 0.419. The van der Waals surface area contributed by atoms with E-state index < -0.39 is 10.0 Å². The molecule has 0 saturated carbocycles. The number of thioether (sulfide) groups is 1. The highest BCUT2D eigenvalue weighted by atomic mass is 35.5. The van der Waals surface area contributed by atoms with E-state index in [0.717, 1.165) is 16.0 Å². The molecule has 0 radical (unpaired) electrons. The van der Waals surface area contributed by atoms with Gasteiger partial charge in [-0.15, -0.1) is 11.8 Å². The van der Waals surface area contributed by atoms with Gasteiger partial charge >= 0.3 is 0 Å². The highest BCUT2D eigenvalue weighted by Gasteiger charge is 2.17. The zero-order chi connectivity index (χ0) is 22.6. The van der Waals surface area contributed by atoms with E-state index >= 15 is 0 Å². The van der Waals surface area contributed by atoms with Crippen molar-refractivity contribution in [2.75, 3.05) is 10.0 Å². The van der Waals surface area contributed by atoms with Gasteiger partial charge in [0.25, 0.3) is 10.0 Å². The molecule has 1 amide bonds. The molecule has 31 heavy (non-hydrogen) atoms. The molecule has 2 N–H and O–H groups in total. The highest BCUT2D eigenvalue weighted by molar-refractivity contribution is 8.00. The number of amides is 1. The Hall–Kier alpha value is -2.48. The van der Waals surface area contributed by atoms with Crippen LogP contribution in [0.25, 0.3) is 0 Å². The predicted octanol–water partition coefficient (Wildman–Crippen LogP) is 5.88. The van der Waals surface area contributed by atoms with Crippen molar-refractivity contribution in [1.29, 1.82) is 0 Å². The lowest BCUT2D eigenvalue weighted by molar-refractivity contribution is -0.115. The van der Waals surface area contributed by atoms with E-state index in [1.54, 1.807) is 43.3 Å². The Morgan fingerprint density at radius 1 is 0.903 bits per heavy atom. The van der Waals surface area contributed by atoms with Crippen LogP contribution < -0.4 is 10.0 Å². The lowest BCUT2D eigenvalue weighted by Gasteiger charge is -2.13. The molecule has 0 aromatic heterocycles. The molecule has 0 heterocycles. The second-order valence-electron chi connectivity index (χ2n) is 7.13. The molecule has 1 unspecified atom stereocenters. The second-order valence-corrected chi connectivity index (χ2v) is 10.7. The summed E-state index contributed by atoms with van der Waals surface area (Å²) < 4.78 is 27.9. The fourth-order valence-electron chi connectivity index (χ4n) is 2.75. The molecular weight excluding hydrogens is 452 g/mol. The van der Waals surface area contributed by atoms with E-state index in [1.807, 2.05) is 32.0 Å². The molecule has 5 nitrogen and oxygen atoms in total. The molecule has 162 valence electrons. The summed E-state index contributed by atoms with van der Waals surface area (Å²) in [6.07, 6.45) is 0. The Bertz CT molecular complexity index is 1180. The van der Waals surface area contributed by atoms with E-state index in [4.69, 9.17) is 11.6 Å². The first kappa shape index (κ1) is 23.2. The van der Waals surface area contributed by atoms with Gasteiger partial charge in [0.15, 0.2) is 0 Å². The minimum absolute atomic E-state index is 0.118. The predicted molar refractivity (Wildman–Crippen MR) is 129 cm³/mol. The van der Waals surface area contributed by atoms with Crippen molar-refractivity contribution in [2.24, 2.45) is 0 Å². The van der Waals surface area contributed by atoms with Gasteiger partial charge in [0.2, 0.25) is 5.91 Å². The SMILES string of the molecule is Cc1ccc(NS(=O)(=O)c2ccc(NC(=O)C(C)Sc3ccc(Cl)cc3)cc2)cc1C. The molecule has 0 saturated heterocycles. The molecule has 3 aromatic carbocycles. The van der Waals surface area contributed by atoms with Crippen LogP contribution in [0.1, 0.15) is 18.1 Å². The summed E-state index contributed by atoms with van der Waals surface area (Å²) in [5.41, 5.74) is 3.13. The molecule has 8 heteroatoms. The van der Waals surface area contributed by atoms with Gasteiger partial charge in [-0.2, -0.15) is 0 Å². The minimum Gasteiger partial charge on any atom is -0.325 e. The number of benzene rings is 3. The van der Waals surface area contributed by atoms with Crippen LogP contribution in [0.3, 0.4) is 0 Å². The Labute approximate surface area is 192 Å². The molecule has 3 rings (SSSR count). The number of hydrogen-bond acceptors (Lipinski definition) is 4. The monoisotopic (exact) mass is 474 g/mol. The summed E-state index contributed by atoms with van der Waals surface area (Å²) in [5.74, 6) is -0.177. The number of sulfonamides is 1. The van der Waals surface area contributed by atoms with Gasteiger partial charge in [-0.25, -0.2) is 8.42 Å². The third-order valence-electron chi connectivity index (χ3n) is 4.69. The molecule has 0 aliphatic rings. The fourth-order valence-corrected chi connectivity index (χ4v) is 4.79. The van der Waals surface area contributed by atoms with Crippen molar-refractivity contribution in [3.63, 3.8) is 0 Å². The zero-order valence-corrected chi connectivity index (χ0v) is 19.7. The summed E-state index contributed by atoms with van der Waals surface area (Å²) >= 11 is 7.30. The largest absolute Gasteiger partial charge is 0.325 e. The Kier molecular flexibility index (Phi) is 7.30. The van der Waals surface area contributed by atoms with E-state index in [-0.39, 0.29) is 16.1 Å². The van der Waals surface area contributed by atoms with Gasteiger partial charge in [-0.1, -0.05) is 17.7 Å². The van der Waals surface area contributed by atoms with Gasteiger partial charge in [0.05, 0.1) is 10.1 Å². The van der Waals surface area contributed by atoms with Crippen LogP contribution in [0.2, 0.25) is 5.02 Å². The third kappa shape index (κ3) is 6.26. The molecule has 0 bridgehead atoms. The average molecular weight is 475 g/mol. The summed E-state index contributed by atoms with van der Waals surface area (Å²) in [6, 6.07) is 18.8. The van der Waals surface area contributed by atoms with Crippen molar-refractivity contribution in [2.45, 2.75) is 35.8 Å². The first-order valence-corrected chi connectivity index (χ1v) is 12.3. The molecule has 0 aliphatic heterocycles. The lowest BCUT2D eigenvalue weighted by Crippen LogP contribution is -2.22. The Balaban J connectivity index is 1.63. The number of carbonyl (C=O) groups is 1. The number of nitrogens with one attached hydrogen (secondary N) is 2. The minimum atomic E-state index is -3.73. The van der Waals surface area contributed by atoms with Gasteiger partial charge < -0.3 is 5.32 Å². The maximum atomic E-state index is 12.7. The molecule has 0 aliphatic carbocycles. The van der Waals surface area contributed by atoms with Crippen molar-refractivity contribution >= 4 is 50.7 Å². The highest BCUT2D eigenvalue weighted by Crippen LogP contribution is 2.26. The van der Waals surface area contributed by atoms with E-state index in [9.17, 15) is 13.2 Å². The number of hydrogen-bond donors (Lipinski definition) is 2. The summed E-state index contributed by atoms with van der Waals surface area (Å²) in [6.45, 7) is 5.70. The standard InChI is InChI=1S/C23H23ClN2O3S2/c1-15-4-7-20(14-16(15)2)26-31(28,29)22-12-8-19(9-13-22)25-23(27)17(3)30-21-10-5-18(24)6-11-21/h4-14,17,26H,1-3H3,(H,25,27). The summed E-state index contributed by atoms with van der Waals surface area (Å²) in [5, 5.41) is 3.12. The molecule has 3 aromatic rings. The summed E-state index contributed by atoms with van der Waals surface area (Å²) in [4.78, 5) is 13.5. The van der Waals surface area contributed by atoms with Crippen LogP contribution in [0.15, 0.2) is 76.5 Å². The smallest absolute Gasteiger partial charge is 0.261 e. The van der Waals surface area contributed by atoms with Crippen LogP contribution in [0.5, 0.6) is 0 Å². The number of aryl methyl sites for hydroxylation is 2. The van der Waals surface area contributed by atoms with Crippen molar-refractivity contribution < 1.29 is 13.2 Å². The fraction of sp³-hybridized carbons (Fsp3) is 0.174. The first-order chi connectivity index (χ1) is 14.6. The summed E-state index contributed by atoms with van der Waals surface area (Å²) in [7, 11) is -3.73. The lowest BCUT2D eigenvalue weighted by atomic mass is 10.1. The van der Waals surface area contributed by atoms with E-state index in [2.05, 4.69) is 10.0 Å². The normalized spacial score (nSPS) is 12.3. The van der Waals surface area contributed by atoms with Gasteiger partial charge in [0.1, 0.15) is 0 Å². The van der Waals surface area contributed by atoms with Crippen LogP contribution >= 0.6 is 23.4 Å². The first-order valence-electron chi connectivity index (χ1n) is 9.57. The van der Waals surface area contributed by atoms with Crippen LogP contribution in [0.4, 0.5) is 11.4 Å². The number of carbonyl (C=O) groups excluding carboxylic acids is 1. The second kappa shape index (κ2) is 9.77. The zero-order valence-electron chi connectivity index (χ0n) is 17.3. The molecular formula is C23H23ClN2O3S2.